The summed E-state index contributed by atoms with van der Waals surface area (Å²) < 4.78 is 6.00. The van der Waals surface area contributed by atoms with Crippen LogP contribution in [0.15, 0.2) is 30.3 Å². The van der Waals surface area contributed by atoms with E-state index in [0.29, 0.717) is 6.61 Å². The number of ether oxygens (including phenoxy) is 1. The predicted molar refractivity (Wildman–Crippen MR) is 80.0 cm³/mol. The normalized spacial score (nSPS) is 25.2. The first-order valence-corrected chi connectivity index (χ1v) is 7.77. The van der Waals surface area contributed by atoms with Gasteiger partial charge in [-0.25, -0.2) is 0 Å². The van der Waals surface area contributed by atoms with Crippen LogP contribution in [0.3, 0.4) is 0 Å². The Morgan fingerprint density at radius 1 is 1.29 bits per heavy atom. The standard InChI is InChI=1S/C17H23NO3/c19-16(20)10-15-11-17(21-13-15)6-8-18(9-7-17)12-14-4-2-1-3-5-14/h1-5,15H,6-13H2,(H,19,20). The third-order valence-corrected chi connectivity index (χ3v) is 4.77. The van der Waals surface area contributed by atoms with Gasteiger partial charge in [-0.15, -0.1) is 0 Å². The molecule has 3 rings (SSSR count). The molecule has 1 unspecified atom stereocenters. The first kappa shape index (κ1) is 14.5. The van der Waals surface area contributed by atoms with Crippen LogP contribution in [0.5, 0.6) is 0 Å². The Kier molecular flexibility index (Phi) is 4.27. The minimum Gasteiger partial charge on any atom is -0.481 e. The molecule has 1 N–H and O–H groups in total. The molecule has 2 fully saturated rings. The van der Waals surface area contributed by atoms with Gasteiger partial charge in [0, 0.05) is 19.6 Å². The topological polar surface area (TPSA) is 49.8 Å². The summed E-state index contributed by atoms with van der Waals surface area (Å²) in [5, 5.41) is 8.90. The maximum absolute atomic E-state index is 10.8. The van der Waals surface area contributed by atoms with E-state index < -0.39 is 5.97 Å². The first-order chi connectivity index (χ1) is 10.2. The smallest absolute Gasteiger partial charge is 0.303 e. The van der Waals surface area contributed by atoms with E-state index in [-0.39, 0.29) is 17.9 Å². The maximum atomic E-state index is 10.8. The molecule has 1 aromatic carbocycles. The van der Waals surface area contributed by atoms with Crippen molar-refractivity contribution >= 4 is 5.97 Å². The molecule has 0 aliphatic carbocycles. The molecule has 4 heteroatoms. The summed E-state index contributed by atoms with van der Waals surface area (Å²) in [6.07, 6.45) is 3.21. The van der Waals surface area contributed by atoms with Gasteiger partial charge in [-0.1, -0.05) is 30.3 Å². The number of benzene rings is 1. The molecule has 114 valence electrons. The molecule has 0 amide bonds. The largest absolute Gasteiger partial charge is 0.481 e. The van der Waals surface area contributed by atoms with Gasteiger partial charge in [-0.2, -0.15) is 0 Å². The first-order valence-electron chi connectivity index (χ1n) is 7.77. The molecule has 2 saturated heterocycles. The van der Waals surface area contributed by atoms with Crippen molar-refractivity contribution in [3.8, 4) is 0 Å². The van der Waals surface area contributed by atoms with Gasteiger partial charge in [0.05, 0.1) is 18.6 Å². The summed E-state index contributed by atoms with van der Waals surface area (Å²) in [5.41, 5.74) is 1.30. The van der Waals surface area contributed by atoms with Crippen molar-refractivity contribution in [3.05, 3.63) is 35.9 Å². The van der Waals surface area contributed by atoms with E-state index in [9.17, 15) is 4.79 Å². The predicted octanol–water partition coefficient (Wildman–Crippen LogP) is 2.53. The lowest BCUT2D eigenvalue weighted by atomic mass is 9.84. The zero-order chi connectivity index (χ0) is 14.7. The number of piperidine rings is 1. The quantitative estimate of drug-likeness (QED) is 0.925. The minimum absolute atomic E-state index is 0.0483. The fourth-order valence-electron chi connectivity index (χ4n) is 3.63. The lowest BCUT2D eigenvalue weighted by Gasteiger charge is -2.38. The Labute approximate surface area is 125 Å². The molecule has 2 aliphatic heterocycles. The van der Waals surface area contributed by atoms with Crippen LogP contribution < -0.4 is 0 Å². The van der Waals surface area contributed by atoms with Crippen LogP contribution in [0.1, 0.15) is 31.2 Å². The summed E-state index contributed by atoms with van der Waals surface area (Å²) in [5.74, 6) is -0.509. The average molecular weight is 289 g/mol. The highest BCUT2D eigenvalue weighted by atomic mass is 16.5. The van der Waals surface area contributed by atoms with Gasteiger partial charge in [-0.3, -0.25) is 9.69 Å². The zero-order valence-corrected chi connectivity index (χ0v) is 12.3. The molecule has 0 aromatic heterocycles. The lowest BCUT2D eigenvalue weighted by Crippen LogP contribution is -2.43. The number of carboxylic acids is 1. The fourth-order valence-corrected chi connectivity index (χ4v) is 3.63. The van der Waals surface area contributed by atoms with Crippen LogP contribution in [0.2, 0.25) is 0 Å². The summed E-state index contributed by atoms with van der Waals surface area (Å²) in [4.78, 5) is 13.3. The summed E-state index contributed by atoms with van der Waals surface area (Å²) >= 11 is 0. The van der Waals surface area contributed by atoms with Gasteiger partial charge in [0.15, 0.2) is 0 Å². The molecule has 1 spiro atoms. The number of rotatable bonds is 4. The van der Waals surface area contributed by atoms with Crippen LogP contribution in [0.25, 0.3) is 0 Å². The third kappa shape index (κ3) is 3.63. The van der Waals surface area contributed by atoms with Crippen molar-refractivity contribution in [2.24, 2.45) is 5.92 Å². The molecule has 21 heavy (non-hydrogen) atoms. The molecular weight excluding hydrogens is 266 g/mol. The Balaban J connectivity index is 1.50. The van der Waals surface area contributed by atoms with E-state index in [4.69, 9.17) is 9.84 Å². The highest BCUT2D eigenvalue weighted by Gasteiger charge is 2.42. The van der Waals surface area contributed by atoms with Crippen LogP contribution in [-0.2, 0) is 16.1 Å². The van der Waals surface area contributed by atoms with Crippen LogP contribution in [0.4, 0.5) is 0 Å². The van der Waals surface area contributed by atoms with Crippen molar-refractivity contribution < 1.29 is 14.6 Å². The van der Waals surface area contributed by atoms with Crippen molar-refractivity contribution in [1.82, 2.24) is 4.90 Å². The van der Waals surface area contributed by atoms with Crippen LogP contribution in [-0.4, -0.2) is 41.3 Å². The maximum Gasteiger partial charge on any atom is 0.303 e. The van der Waals surface area contributed by atoms with Crippen molar-refractivity contribution in [1.29, 1.82) is 0 Å². The molecular formula is C17H23NO3. The number of carbonyl (C=O) groups is 1. The van der Waals surface area contributed by atoms with Gasteiger partial charge in [0.1, 0.15) is 0 Å². The molecule has 1 atom stereocenters. The van der Waals surface area contributed by atoms with Crippen molar-refractivity contribution in [2.45, 2.75) is 37.8 Å². The monoisotopic (exact) mass is 289 g/mol. The Hall–Kier alpha value is -1.39. The summed E-state index contributed by atoms with van der Waals surface area (Å²) in [6, 6.07) is 10.5. The number of likely N-dealkylation sites (tertiary alicyclic amines) is 1. The van der Waals surface area contributed by atoms with E-state index in [1.54, 1.807) is 0 Å². The van der Waals surface area contributed by atoms with Gasteiger partial charge >= 0.3 is 5.97 Å². The zero-order valence-electron chi connectivity index (χ0n) is 12.3. The second-order valence-corrected chi connectivity index (χ2v) is 6.42. The lowest BCUT2D eigenvalue weighted by molar-refractivity contribution is -0.138. The number of carboxylic acid groups (broad SMARTS) is 1. The van der Waals surface area contributed by atoms with Gasteiger partial charge in [0.25, 0.3) is 0 Å². The molecule has 2 heterocycles. The van der Waals surface area contributed by atoms with E-state index in [0.717, 1.165) is 38.9 Å². The second kappa shape index (κ2) is 6.16. The third-order valence-electron chi connectivity index (χ3n) is 4.77. The summed E-state index contributed by atoms with van der Waals surface area (Å²) in [6.45, 7) is 3.68. The number of hydrogen-bond acceptors (Lipinski definition) is 3. The SMILES string of the molecule is O=C(O)CC1COC2(CCN(Cc3ccccc3)CC2)C1. The van der Waals surface area contributed by atoms with Crippen molar-refractivity contribution in [3.63, 3.8) is 0 Å². The highest BCUT2D eigenvalue weighted by Crippen LogP contribution is 2.39. The highest BCUT2D eigenvalue weighted by molar-refractivity contribution is 5.67. The molecule has 0 bridgehead atoms. The van der Waals surface area contributed by atoms with Gasteiger partial charge in [0.2, 0.25) is 0 Å². The van der Waals surface area contributed by atoms with Crippen molar-refractivity contribution in [2.75, 3.05) is 19.7 Å². The van der Waals surface area contributed by atoms with E-state index in [1.165, 1.54) is 5.56 Å². The van der Waals surface area contributed by atoms with E-state index >= 15 is 0 Å². The Morgan fingerprint density at radius 3 is 2.67 bits per heavy atom. The minimum atomic E-state index is -0.706. The number of nitrogens with zero attached hydrogens (tertiary/aromatic N) is 1. The molecule has 0 radical (unpaired) electrons. The van der Waals surface area contributed by atoms with E-state index in [2.05, 4.69) is 29.2 Å². The molecule has 1 aromatic rings. The summed E-state index contributed by atoms with van der Waals surface area (Å²) in [7, 11) is 0. The Morgan fingerprint density at radius 2 is 2.00 bits per heavy atom. The number of hydrogen-bond donors (Lipinski definition) is 1. The number of aliphatic carboxylic acids is 1. The van der Waals surface area contributed by atoms with Crippen LogP contribution >= 0.6 is 0 Å². The Bertz CT molecular complexity index is 480. The van der Waals surface area contributed by atoms with Crippen LogP contribution in [0, 0.1) is 5.92 Å². The average Bonchev–Trinajstić information content (AvgIpc) is 2.85. The molecule has 4 nitrogen and oxygen atoms in total. The fraction of sp³-hybridized carbons (Fsp3) is 0.588. The van der Waals surface area contributed by atoms with E-state index in [1.807, 2.05) is 6.07 Å². The molecule has 0 saturated carbocycles. The van der Waals surface area contributed by atoms with Gasteiger partial charge in [-0.05, 0) is 30.7 Å². The molecule has 2 aliphatic rings. The second-order valence-electron chi connectivity index (χ2n) is 6.42. The van der Waals surface area contributed by atoms with Gasteiger partial charge < -0.3 is 9.84 Å².